The molecule has 1 amide bonds. The number of morpholine rings is 1. The van der Waals surface area contributed by atoms with Gasteiger partial charge in [0.2, 0.25) is 5.91 Å². The van der Waals surface area contributed by atoms with Gasteiger partial charge in [0.1, 0.15) is 0 Å². The summed E-state index contributed by atoms with van der Waals surface area (Å²) < 4.78 is 7.82. The molecular weight excluding hydrogens is 544 g/mol. The summed E-state index contributed by atoms with van der Waals surface area (Å²) in [5.41, 5.74) is 7.48. The third-order valence-corrected chi connectivity index (χ3v) is 8.46. The van der Waals surface area contributed by atoms with Crippen molar-refractivity contribution in [2.75, 3.05) is 43.1 Å². The van der Waals surface area contributed by atoms with E-state index in [2.05, 4.69) is 74.2 Å². The van der Waals surface area contributed by atoms with Crippen LogP contribution < -0.4 is 15.5 Å². The number of nitrogens with one attached hydrogen (secondary N) is 2. The fourth-order valence-electron chi connectivity index (χ4n) is 6.07. The maximum atomic E-state index is 12.9. The number of rotatable bonds is 8. The summed E-state index contributed by atoms with van der Waals surface area (Å²) in [6, 6.07) is 26.2. The molecule has 0 radical (unpaired) electrons. The summed E-state index contributed by atoms with van der Waals surface area (Å²) in [6.45, 7) is 8.13. The number of thiocarbonyl (C=S) groups is 1. The summed E-state index contributed by atoms with van der Waals surface area (Å²) in [7, 11) is 0. The summed E-state index contributed by atoms with van der Waals surface area (Å²) >= 11 is 5.86. The lowest BCUT2D eigenvalue weighted by Crippen LogP contribution is -2.36. The Balaban J connectivity index is 1.29. The molecule has 2 fully saturated rings. The smallest absolute Gasteiger partial charge is 0.226 e. The number of ether oxygens (including phenoxy) is 1. The van der Waals surface area contributed by atoms with Gasteiger partial charge in [-0.25, -0.2) is 0 Å². The van der Waals surface area contributed by atoms with Gasteiger partial charge in [-0.05, 0) is 86.2 Å². The highest BCUT2D eigenvalue weighted by Crippen LogP contribution is 2.41. The molecule has 0 bridgehead atoms. The van der Waals surface area contributed by atoms with Crippen LogP contribution >= 0.6 is 12.2 Å². The standard InChI is InChI=1S/C33H36N6O2S/c1-23-22-28(24(2)39(23)27-13-11-26(12-14-27)37-18-20-41-21-19-37)32-31(29-10-6-7-16-34-29)36-33(42)38(32)17-15-30(40)35-25-8-4-3-5-9-25/h3-14,16,22,31-32H,15,17-21H2,1-2H3,(H,35,40)(H,36,42). The van der Waals surface area contributed by atoms with Crippen LogP contribution in [-0.2, 0) is 9.53 Å². The molecule has 2 saturated heterocycles. The Labute approximate surface area is 252 Å². The lowest BCUT2D eigenvalue weighted by Gasteiger charge is -2.29. The van der Waals surface area contributed by atoms with Gasteiger partial charge < -0.3 is 29.7 Å². The quantitative estimate of drug-likeness (QED) is 0.273. The van der Waals surface area contributed by atoms with E-state index in [1.54, 1.807) is 0 Å². The van der Waals surface area contributed by atoms with Crippen molar-refractivity contribution in [3.05, 3.63) is 108 Å². The number of para-hydroxylation sites is 1. The number of aryl methyl sites for hydroxylation is 1. The molecule has 2 N–H and O–H groups in total. The van der Waals surface area contributed by atoms with E-state index in [4.69, 9.17) is 17.0 Å². The van der Waals surface area contributed by atoms with Gasteiger partial charge in [-0.3, -0.25) is 9.78 Å². The van der Waals surface area contributed by atoms with E-state index < -0.39 is 0 Å². The zero-order chi connectivity index (χ0) is 29.1. The van der Waals surface area contributed by atoms with Gasteiger partial charge in [0.05, 0.1) is 31.0 Å². The largest absolute Gasteiger partial charge is 0.378 e. The van der Waals surface area contributed by atoms with Gasteiger partial charge in [0, 0.05) is 60.7 Å². The van der Waals surface area contributed by atoms with Crippen LogP contribution in [-0.4, -0.2) is 58.3 Å². The zero-order valence-electron chi connectivity index (χ0n) is 24.0. The molecule has 216 valence electrons. The van der Waals surface area contributed by atoms with Crippen LogP contribution in [0.5, 0.6) is 0 Å². The van der Waals surface area contributed by atoms with Crippen molar-refractivity contribution in [2.45, 2.75) is 32.4 Å². The van der Waals surface area contributed by atoms with Crippen molar-refractivity contribution in [3.8, 4) is 5.69 Å². The number of aromatic nitrogens is 2. The molecule has 4 heterocycles. The van der Waals surface area contributed by atoms with Crippen molar-refractivity contribution in [1.82, 2.24) is 19.8 Å². The molecule has 2 aliphatic rings. The Bertz CT molecular complexity index is 1530. The predicted octanol–water partition coefficient (Wildman–Crippen LogP) is 5.33. The molecule has 42 heavy (non-hydrogen) atoms. The second-order valence-electron chi connectivity index (χ2n) is 10.8. The summed E-state index contributed by atoms with van der Waals surface area (Å²) in [5, 5.41) is 7.14. The maximum absolute atomic E-state index is 12.9. The van der Waals surface area contributed by atoms with E-state index in [1.165, 1.54) is 5.69 Å². The Morgan fingerprint density at radius 2 is 1.71 bits per heavy atom. The minimum Gasteiger partial charge on any atom is -0.378 e. The molecule has 0 aliphatic carbocycles. The highest BCUT2D eigenvalue weighted by Gasteiger charge is 2.41. The van der Waals surface area contributed by atoms with E-state index >= 15 is 0 Å². The van der Waals surface area contributed by atoms with Crippen LogP contribution in [0, 0.1) is 13.8 Å². The number of benzene rings is 2. The monoisotopic (exact) mass is 580 g/mol. The lowest BCUT2D eigenvalue weighted by atomic mass is 9.96. The average Bonchev–Trinajstić information content (AvgIpc) is 3.51. The normalized spacial score (nSPS) is 18.7. The van der Waals surface area contributed by atoms with E-state index in [9.17, 15) is 4.79 Å². The zero-order valence-corrected chi connectivity index (χ0v) is 24.8. The molecule has 2 unspecified atom stereocenters. The maximum Gasteiger partial charge on any atom is 0.226 e. The van der Waals surface area contributed by atoms with Gasteiger partial charge in [-0.1, -0.05) is 24.3 Å². The van der Waals surface area contributed by atoms with Crippen molar-refractivity contribution in [3.63, 3.8) is 0 Å². The fourth-order valence-corrected chi connectivity index (χ4v) is 6.40. The molecule has 6 rings (SSSR count). The third kappa shape index (κ3) is 5.75. The molecule has 9 heteroatoms. The van der Waals surface area contributed by atoms with Crippen LogP contribution in [0.15, 0.2) is 85.1 Å². The average molecular weight is 581 g/mol. The second-order valence-corrected chi connectivity index (χ2v) is 11.1. The number of nitrogens with zero attached hydrogens (tertiary/aromatic N) is 4. The molecule has 0 saturated carbocycles. The molecule has 0 spiro atoms. The number of anilines is 2. The Kier molecular flexibility index (Phi) is 8.21. The Morgan fingerprint density at radius 1 is 1.00 bits per heavy atom. The molecule has 2 aromatic carbocycles. The number of hydrogen-bond acceptors (Lipinski definition) is 5. The number of pyridine rings is 1. The minimum absolute atomic E-state index is 0.0464. The van der Waals surface area contributed by atoms with Gasteiger partial charge in [-0.15, -0.1) is 0 Å². The Morgan fingerprint density at radius 3 is 2.43 bits per heavy atom. The van der Waals surface area contributed by atoms with Crippen molar-refractivity contribution >= 4 is 34.6 Å². The lowest BCUT2D eigenvalue weighted by molar-refractivity contribution is -0.116. The molecule has 8 nitrogen and oxygen atoms in total. The molecule has 2 aromatic heterocycles. The first kappa shape index (κ1) is 27.9. The summed E-state index contributed by atoms with van der Waals surface area (Å²) in [5.74, 6) is -0.0464. The van der Waals surface area contributed by atoms with Gasteiger partial charge in [-0.2, -0.15) is 0 Å². The molecule has 2 aliphatic heterocycles. The van der Waals surface area contributed by atoms with E-state index in [1.807, 2.05) is 54.7 Å². The topological polar surface area (TPSA) is 74.7 Å². The van der Waals surface area contributed by atoms with Gasteiger partial charge in [0.15, 0.2) is 5.11 Å². The highest BCUT2D eigenvalue weighted by molar-refractivity contribution is 7.80. The van der Waals surface area contributed by atoms with E-state index in [0.29, 0.717) is 18.1 Å². The van der Waals surface area contributed by atoms with Crippen molar-refractivity contribution in [2.24, 2.45) is 0 Å². The SMILES string of the molecule is Cc1cc(C2C(c3ccccn3)NC(=S)N2CCC(=O)Nc2ccccc2)c(C)n1-c1ccc(N2CCOCC2)cc1. The van der Waals surface area contributed by atoms with Crippen LogP contribution in [0.2, 0.25) is 0 Å². The first-order valence-corrected chi connectivity index (χ1v) is 14.9. The van der Waals surface area contributed by atoms with Gasteiger partial charge in [0.25, 0.3) is 0 Å². The van der Waals surface area contributed by atoms with E-state index in [-0.39, 0.29) is 18.0 Å². The van der Waals surface area contributed by atoms with E-state index in [0.717, 1.165) is 60.3 Å². The van der Waals surface area contributed by atoms with Crippen LogP contribution in [0.1, 0.15) is 41.1 Å². The second kappa shape index (κ2) is 12.3. The highest BCUT2D eigenvalue weighted by atomic mass is 32.1. The van der Waals surface area contributed by atoms with Crippen LogP contribution in [0.3, 0.4) is 0 Å². The first-order valence-electron chi connectivity index (χ1n) is 14.4. The number of carbonyl (C=O) groups excluding carboxylic acids is 1. The number of carbonyl (C=O) groups is 1. The summed E-state index contributed by atoms with van der Waals surface area (Å²) in [6.07, 6.45) is 2.12. The summed E-state index contributed by atoms with van der Waals surface area (Å²) in [4.78, 5) is 22.1. The van der Waals surface area contributed by atoms with Gasteiger partial charge >= 0.3 is 0 Å². The number of amides is 1. The fraction of sp³-hybridized carbons (Fsp3) is 0.303. The first-order chi connectivity index (χ1) is 20.5. The molecular formula is C33H36N6O2S. The Hall–Kier alpha value is -4.21. The molecule has 2 atom stereocenters. The van der Waals surface area contributed by atoms with Crippen molar-refractivity contribution < 1.29 is 9.53 Å². The third-order valence-electron chi connectivity index (χ3n) is 8.11. The molecule has 4 aromatic rings. The predicted molar refractivity (Wildman–Crippen MR) is 170 cm³/mol. The minimum atomic E-state index is -0.145. The van der Waals surface area contributed by atoms with Crippen LogP contribution in [0.4, 0.5) is 11.4 Å². The van der Waals surface area contributed by atoms with Crippen LogP contribution in [0.25, 0.3) is 5.69 Å². The van der Waals surface area contributed by atoms with Crippen molar-refractivity contribution in [1.29, 1.82) is 0 Å². The number of hydrogen-bond donors (Lipinski definition) is 2.